The van der Waals surface area contributed by atoms with Gasteiger partial charge in [-0.3, -0.25) is 15.1 Å². The van der Waals surface area contributed by atoms with Gasteiger partial charge in [0.05, 0.1) is 15.5 Å². The third-order valence-corrected chi connectivity index (χ3v) is 6.24. The van der Waals surface area contributed by atoms with Crippen molar-refractivity contribution in [3.8, 4) is 5.75 Å². The molecule has 9 heteroatoms. The molecule has 0 heterocycles. The largest absolute Gasteiger partial charge is 0.872 e. The molecule has 0 spiro atoms. The summed E-state index contributed by atoms with van der Waals surface area (Å²) >= 11 is 0. The molecule has 0 bridgehead atoms. The molecule has 0 aromatic heterocycles. The lowest BCUT2D eigenvalue weighted by Gasteiger charge is -2.19. The fraction of sp³-hybridized carbons (Fsp3) is 0.278. The SMILES string of the molecule is CCN(CC)S(=O)(=O)c1cc(N=Cc2cc([N+](=O)[O-])ccc2[O-])ccc1C. The Morgan fingerprint density at radius 2 is 1.81 bits per heavy atom. The highest BCUT2D eigenvalue weighted by atomic mass is 32.2. The van der Waals surface area contributed by atoms with Crippen molar-refractivity contribution in [3.63, 3.8) is 0 Å². The average molecular weight is 390 g/mol. The number of nitro benzene ring substituents is 1. The highest BCUT2D eigenvalue weighted by Crippen LogP contribution is 2.26. The molecule has 144 valence electrons. The van der Waals surface area contributed by atoms with Crippen LogP contribution in [0.4, 0.5) is 11.4 Å². The zero-order chi connectivity index (χ0) is 20.2. The summed E-state index contributed by atoms with van der Waals surface area (Å²) in [4.78, 5) is 14.5. The second kappa shape index (κ2) is 8.28. The zero-order valence-electron chi connectivity index (χ0n) is 15.2. The minimum atomic E-state index is -3.66. The Morgan fingerprint density at radius 1 is 1.15 bits per heavy atom. The lowest BCUT2D eigenvalue weighted by molar-refractivity contribution is -0.385. The number of hydrogen-bond donors (Lipinski definition) is 0. The van der Waals surface area contributed by atoms with E-state index < -0.39 is 20.7 Å². The highest BCUT2D eigenvalue weighted by molar-refractivity contribution is 7.89. The minimum Gasteiger partial charge on any atom is -0.872 e. The van der Waals surface area contributed by atoms with Gasteiger partial charge in [-0.2, -0.15) is 4.31 Å². The molecule has 0 saturated carbocycles. The summed E-state index contributed by atoms with van der Waals surface area (Å²) in [5.74, 6) is -0.410. The number of non-ortho nitro benzene ring substituents is 1. The number of hydrogen-bond acceptors (Lipinski definition) is 6. The Labute approximate surface area is 158 Å². The number of sulfonamides is 1. The van der Waals surface area contributed by atoms with E-state index in [1.807, 2.05) is 0 Å². The number of aryl methyl sites for hydroxylation is 1. The standard InChI is InChI=1S/C18H21N3O5S/c1-4-20(5-2)27(25,26)18-11-15(7-6-13(18)3)19-12-14-10-16(21(23)24)8-9-17(14)22/h6-12,22H,4-5H2,1-3H3/p-1. The molecule has 0 aliphatic rings. The van der Waals surface area contributed by atoms with Gasteiger partial charge in [0.2, 0.25) is 10.0 Å². The number of nitro groups is 1. The Morgan fingerprint density at radius 3 is 2.41 bits per heavy atom. The second-order valence-electron chi connectivity index (χ2n) is 5.78. The van der Waals surface area contributed by atoms with Crippen LogP contribution >= 0.6 is 0 Å². The summed E-state index contributed by atoms with van der Waals surface area (Å²) in [6, 6.07) is 8.05. The molecule has 0 saturated heterocycles. The van der Waals surface area contributed by atoms with Crippen LogP contribution in [0.15, 0.2) is 46.3 Å². The Hall–Kier alpha value is -2.78. The molecule has 0 aliphatic heterocycles. The van der Waals surface area contributed by atoms with Crippen LogP contribution in [0.5, 0.6) is 5.75 Å². The zero-order valence-corrected chi connectivity index (χ0v) is 16.1. The summed E-state index contributed by atoms with van der Waals surface area (Å²) < 4.78 is 26.9. The van der Waals surface area contributed by atoms with Crippen LogP contribution < -0.4 is 5.11 Å². The van der Waals surface area contributed by atoms with Crippen LogP contribution in [-0.4, -0.2) is 37.0 Å². The molecule has 0 N–H and O–H groups in total. The molecule has 27 heavy (non-hydrogen) atoms. The van der Waals surface area contributed by atoms with E-state index in [0.717, 1.165) is 18.2 Å². The van der Waals surface area contributed by atoms with E-state index in [0.29, 0.717) is 24.3 Å². The number of benzene rings is 2. The van der Waals surface area contributed by atoms with Gasteiger partial charge in [0.25, 0.3) is 5.69 Å². The fourth-order valence-corrected chi connectivity index (χ4v) is 4.25. The van der Waals surface area contributed by atoms with Crippen molar-refractivity contribution < 1.29 is 18.4 Å². The monoisotopic (exact) mass is 390 g/mol. The lowest BCUT2D eigenvalue weighted by Crippen LogP contribution is -2.31. The van der Waals surface area contributed by atoms with Gasteiger partial charge >= 0.3 is 0 Å². The van der Waals surface area contributed by atoms with Gasteiger partial charge in [-0.25, -0.2) is 8.42 Å². The lowest BCUT2D eigenvalue weighted by atomic mass is 10.2. The van der Waals surface area contributed by atoms with Crippen molar-refractivity contribution in [1.29, 1.82) is 0 Å². The Kier molecular flexibility index (Phi) is 6.29. The molecular formula is C18H20N3O5S-. The van der Waals surface area contributed by atoms with Crippen molar-refractivity contribution >= 4 is 27.6 Å². The van der Waals surface area contributed by atoms with E-state index >= 15 is 0 Å². The first-order valence-corrected chi connectivity index (χ1v) is 9.75. The van der Waals surface area contributed by atoms with Crippen LogP contribution in [0.1, 0.15) is 25.0 Å². The van der Waals surface area contributed by atoms with Gasteiger partial charge < -0.3 is 5.11 Å². The van der Waals surface area contributed by atoms with Crippen LogP contribution in [0.3, 0.4) is 0 Å². The quantitative estimate of drug-likeness (QED) is 0.409. The van der Waals surface area contributed by atoms with Gasteiger partial charge in [-0.15, -0.1) is 0 Å². The molecule has 0 atom stereocenters. The Balaban J connectivity index is 2.44. The van der Waals surface area contributed by atoms with Crippen molar-refractivity contribution in [2.75, 3.05) is 13.1 Å². The molecule has 2 aromatic carbocycles. The van der Waals surface area contributed by atoms with Gasteiger partial charge in [0.15, 0.2) is 0 Å². The summed E-state index contributed by atoms with van der Waals surface area (Å²) in [5.41, 5.74) is 0.751. The first-order chi connectivity index (χ1) is 12.7. The van der Waals surface area contributed by atoms with Crippen LogP contribution in [0.2, 0.25) is 0 Å². The number of rotatable bonds is 7. The van der Waals surface area contributed by atoms with Crippen molar-refractivity contribution in [3.05, 3.63) is 57.6 Å². The summed E-state index contributed by atoms with van der Waals surface area (Å²) in [7, 11) is -3.66. The van der Waals surface area contributed by atoms with E-state index in [1.165, 1.54) is 16.6 Å². The van der Waals surface area contributed by atoms with Crippen LogP contribution in [-0.2, 0) is 10.0 Å². The molecule has 2 rings (SSSR count). The van der Waals surface area contributed by atoms with Crippen LogP contribution in [0, 0.1) is 17.0 Å². The van der Waals surface area contributed by atoms with Gasteiger partial charge in [0, 0.05) is 31.4 Å². The van der Waals surface area contributed by atoms with E-state index in [-0.39, 0.29) is 16.1 Å². The average Bonchev–Trinajstić information content (AvgIpc) is 2.62. The van der Waals surface area contributed by atoms with Gasteiger partial charge in [-0.05, 0) is 30.2 Å². The molecule has 2 aromatic rings. The van der Waals surface area contributed by atoms with Gasteiger partial charge in [0.1, 0.15) is 0 Å². The maximum absolute atomic E-state index is 12.8. The minimum absolute atomic E-state index is 0.0536. The third kappa shape index (κ3) is 4.50. The van der Waals surface area contributed by atoms with Gasteiger partial charge in [-0.1, -0.05) is 31.7 Å². The number of nitrogens with zero attached hydrogens (tertiary/aromatic N) is 3. The van der Waals surface area contributed by atoms with Crippen molar-refractivity contribution in [1.82, 2.24) is 4.31 Å². The van der Waals surface area contributed by atoms with E-state index in [1.54, 1.807) is 32.9 Å². The summed E-state index contributed by atoms with van der Waals surface area (Å²) in [6.07, 6.45) is 1.20. The smallest absolute Gasteiger partial charge is 0.270 e. The normalized spacial score (nSPS) is 12.0. The topological polar surface area (TPSA) is 116 Å². The maximum Gasteiger partial charge on any atom is 0.270 e. The molecule has 0 fully saturated rings. The fourth-order valence-electron chi connectivity index (χ4n) is 2.54. The predicted octanol–water partition coefficient (Wildman–Crippen LogP) is 2.76. The predicted molar refractivity (Wildman–Crippen MR) is 101 cm³/mol. The molecular weight excluding hydrogens is 370 g/mol. The Bertz CT molecular complexity index is 982. The van der Waals surface area contributed by atoms with E-state index in [9.17, 15) is 23.6 Å². The van der Waals surface area contributed by atoms with E-state index in [2.05, 4.69) is 4.99 Å². The molecule has 8 nitrogen and oxygen atoms in total. The highest BCUT2D eigenvalue weighted by Gasteiger charge is 2.23. The summed E-state index contributed by atoms with van der Waals surface area (Å²) in [5, 5.41) is 22.7. The first kappa shape index (κ1) is 20.5. The molecule has 0 radical (unpaired) electrons. The number of aliphatic imine (C=N–C) groups is 1. The molecule has 0 amide bonds. The summed E-state index contributed by atoms with van der Waals surface area (Å²) in [6.45, 7) is 5.91. The molecule has 0 aliphatic carbocycles. The molecule has 0 unspecified atom stereocenters. The third-order valence-electron chi connectivity index (χ3n) is 4.05. The maximum atomic E-state index is 12.8. The van der Waals surface area contributed by atoms with Crippen molar-refractivity contribution in [2.24, 2.45) is 4.99 Å². The first-order valence-electron chi connectivity index (χ1n) is 8.31. The van der Waals surface area contributed by atoms with Crippen LogP contribution in [0.25, 0.3) is 0 Å². The second-order valence-corrected chi connectivity index (χ2v) is 7.68. The van der Waals surface area contributed by atoms with Crippen molar-refractivity contribution in [2.45, 2.75) is 25.7 Å². The van der Waals surface area contributed by atoms with E-state index in [4.69, 9.17) is 0 Å².